The molecule has 0 fully saturated rings. The molecule has 2 aromatic rings. The minimum atomic E-state index is 0.619. The van der Waals surface area contributed by atoms with Crippen molar-refractivity contribution in [1.82, 2.24) is 0 Å². The molecular weight excluding hydrogens is 232 g/mol. The Morgan fingerprint density at radius 3 is 2.11 bits per heavy atom. The summed E-state index contributed by atoms with van der Waals surface area (Å²) in [6.07, 6.45) is 5.86. The van der Waals surface area contributed by atoms with Gasteiger partial charge in [-0.25, -0.2) is 0 Å². The highest BCUT2D eigenvalue weighted by Crippen LogP contribution is 2.11. The van der Waals surface area contributed by atoms with E-state index in [1.807, 2.05) is 0 Å². The van der Waals surface area contributed by atoms with Gasteiger partial charge in [-0.15, -0.1) is 0 Å². The van der Waals surface area contributed by atoms with Crippen LogP contribution in [0.5, 0.6) is 0 Å². The number of rotatable bonds is 7. The van der Waals surface area contributed by atoms with E-state index in [4.69, 9.17) is 0 Å². The molecule has 1 nitrogen and oxygen atoms in total. The van der Waals surface area contributed by atoms with Crippen LogP contribution in [0.4, 0.5) is 0 Å². The standard InChI is InChI=1S/C18H20O/c19-14-6-13-18-12-5-11-17(15-18)10-4-9-16-7-2-1-3-8-16/h1-3,5,7-8,11-12,14-15H,4,6,9-10,13H2. The molecule has 0 aromatic heterocycles. The van der Waals surface area contributed by atoms with E-state index in [1.165, 1.54) is 23.1 Å². The van der Waals surface area contributed by atoms with Crippen LogP contribution >= 0.6 is 0 Å². The summed E-state index contributed by atoms with van der Waals surface area (Å²) in [5, 5.41) is 0. The maximum Gasteiger partial charge on any atom is 0.120 e. The topological polar surface area (TPSA) is 17.1 Å². The Labute approximate surface area is 115 Å². The largest absolute Gasteiger partial charge is 0.303 e. The van der Waals surface area contributed by atoms with E-state index >= 15 is 0 Å². The van der Waals surface area contributed by atoms with Gasteiger partial charge < -0.3 is 4.79 Å². The lowest BCUT2D eigenvalue weighted by molar-refractivity contribution is -0.107. The van der Waals surface area contributed by atoms with Crippen LogP contribution in [0.25, 0.3) is 0 Å². The molecule has 19 heavy (non-hydrogen) atoms. The highest BCUT2D eigenvalue weighted by Gasteiger charge is 1.98. The summed E-state index contributed by atoms with van der Waals surface area (Å²) < 4.78 is 0. The van der Waals surface area contributed by atoms with E-state index in [0.29, 0.717) is 6.42 Å². The fourth-order valence-electron chi connectivity index (χ4n) is 2.31. The van der Waals surface area contributed by atoms with E-state index < -0.39 is 0 Å². The highest BCUT2D eigenvalue weighted by atomic mass is 16.1. The van der Waals surface area contributed by atoms with Crippen molar-refractivity contribution in [2.45, 2.75) is 32.1 Å². The molecule has 98 valence electrons. The SMILES string of the molecule is O=CCCc1cccc(CCCc2ccccc2)c1. The number of carbonyl (C=O) groups is 1. The summed E-state index contributed by atoms with van der Waals surface area (Å²) in [5.74, 6) is 0. The molecule has 0 radical (unpaired) electrons. The highest BCUT2D eigenvalue weighted by molar-refractivity contribution is 5.50. The van der Waals surface area contributed by atoms with Gasteiger partial charge in [0, 0.05) is 6.42 Å². The van der Waals surface area contributed by atoms with Crippen LogP contribution in [0.15, 0.2) is 54.6 Å². The van der Waals surface area contributed by atoms with Gasteiger partial charge in [-0.05, 0) is 42.4 Å². The van der Waals surface area contributed by atoms with Gasteiger partial charge in [-0.2, -0.15) is 0 Å². The fourth-order valence-corrected chi connectivity index (χ4v) is 2.31. The first-order valence-corrected chi connectivity index (χ1v) is 6.94. The molecule has 0 aliphatic rings. The maximum atomic E-state index is 10.4. The minimum absolute atomic E-state index is 0.619. The second kappa shape index (κ2) is 7.52. The molecule has 0 spiro atoms. The third kappa shape index (κ3) is 4.70. The van der Waals surface area contributed by atoms with Crippen molar-refractivity contribution in [3.8, 4) is 0 Å². The van der Waals surface area contributed by atoms with Crippen molar-refractivity contribution in [2.75, 3.05) is 0 Å². The van der Waals surface area contributed by atoms with Gasteiger partial charge in [0.05, 0.1) is 0 Å². The number of hydrogen-bond donors (Lipinski definition) is 0. The van der Waals surface area contributed by atoms with Gasteiger partial charge in [0.25, 0.3) is 0 Å². The van der Waals surface area contributed by atoms with Gasteiger partial charge in [-0.1, -0.05) is 54.6 Å². The van der Waals surface area contributed by atoms with Crippen LogP contribution in [0.3, 0.4) is 0 Å². The number of carbonyl (C=O) groups excluding carboxylic acids is 1. The first-order valence-electron chi connectivity index (χ1n) is 6.94. The lowest BCUT2D eigenvalue weighted by Gasteiger charge is -2.05. The Hall–Kier alpha value is -1.89. The predicted molar refractivity (Wildman–Crippen MR) is 79.3 cm³/mol. The van der Waals surface area contributed by atoms with Gasteiger partial charge in [0.1, 0.15) is 6.29 Å². The summed E-state index contributed by atoms with van der Waals surface area (Å²) in [7, 11) is 0. The van der Waals surface area contributed by atoms with Crippen molar-refractivity contribution in [2.24, 2.45) is 0 Å². The Morgan fingerprint density at radius 2 is 1.37 bits per heavy atom. The third-order valence-electron chi connectivity index (χ3n) is 3.32. The number of hydrogen-bond acceptors (Lipinski definition) is 1. The molecule has 2 rings (SSSR count). The summed E-state index contributed by atoms with van der Waals surface area (Å²) >= 11 is 0. The van der Waals surface area contributed by atoms with Crippen LogP contribution in [0.1, 0.15) is 29.5 Å². The lowest BCUT2D eigenvalue weighted by atomic mass is 10.0. The van der Waals surface area contributed by atoms with Gasteiger partial charge in [0.2, 0.25) is 0 Å². The molecule has 1 heteroatoms. The van der Waals surface area contributed by atoms with Gasteiger partial charge in [0.15, 0.2) is 0 Å². The average Bonchev–Trinajstić information content (AvgIpc) is 2.47. The number of aryl methyl sites for hydroxylation is 3. The first kappa shape index (κ1) is 13.5. The molecule has 0 unspecified atom stereocenters. The zero-order valence-corrected chi connectivity index (χ0v) is 11.2. The lowest BCUT2D eigenvalue weighted by Crippen LogP contribution is -1.92. The second-order valence-electron chi connectivity index (χ2n) is 4.86. The number of benzene rings is 2. The van der Waals surface area contributed by atoms with Gasteiger partial charge in [-0.3, -0.25) is 0 Å². The van der Waals surface area contributed by atoms with E-state index in [0.717, 1.165) is 25.5 Å². The molecule has 0 N–H and O–H groups in total. The number of aldehydes is 1. The Balaban J connectivity index is 1.84. The van der Waals surface area contributed by atoms with Crippen molar-refractivity contribution < 1.29 is 4.79 Å². The first-order chi connectivity index (χ1) is 9.38. The molecule has 0 saturated carbocycles. The summed E-state index contributed by atoms with van der Waals surface area (Å²) in [5.41, 5.74) is 4.04. The van der Waals surface area contributed by atoms with Crippen LogP contribution < -0.4 is 0 Å². The van der Waals surface area contributed by atoms with Gasteiger partial charge >= 0.3 is 0 Å². The zero-order chi connectivity index (χ0) is 13.3. The Kier molecular flexibility index (Phi) is 5.36. The monoisotopic (exact) mass is 252 g/mol. The predicted octanol–water partition coefficient (Wildman–Crippen LogP) is 3.99. The molecule has 0 aliphatic heterocycles. The van der Waals surface area contributed by atoms with Crippen LogP contribution in [0.2, 0.25) is 0 Å². The smallest absolute Gasteiger partial charge is 0.120 e. The van der Waals surface area contributed by atoms with Crippen molar-refractivity contribution in [3.05, 3.63) is 71.3 Å². The van der Waals surface area contributed by atoms with Crippen LogP contribution in [-0.2, 0) is 24.1 Å². The van der Waals surface area contributed by atoms with Crippen LogP contribution in [-0.4, -0.2) is 6.29 Å². The normalized spacial score (nSPS) is 10.3. The summed E-state index contributed by atoms with van der Waals surface area (Å²) in [6.45, 7) is 0. The summed E-state index contributed by atoms with van der Waals surface area (Å²) in [4.78, 5) is 10.4. The van der Waals surface area contributed by atoms with E-state index in [1.54, 1.807) is 0 Å². The quantitative estimate of drug-likeness (QED) is 0.681. The van der Waals surface area contributed by atoms with Crippen molar-refractivity contribution in [3.63, 3.8) is 0 Å². The fraction of sp³-hybridized carbons (Fsp3) is 0.278. The molecule has 0 heterocycles. The average molecular weight is 252 g/mol. The van der Waals surface area contributed by atoms with E-state index in [2.05, 4.69) is 54.6 Å². The Morgan fingerprint density at radius 1 is 0.737 bits per heavy atom. The molecule has 2 aromatic carbocycles. The molecule has 0 aliphatic carbocycles. The second-order valence-corrected chi connectivity index (χ2v) is 4.86. The minimum Gasteiger partial charge on any atom is -0.303 e. The van der Waals surface area contributed by atoms with E-state index in [-0.39, 0.29) is 0 Å². The summed E-state index contributed by atoms with van der Waals surface area (Å²) in [6, 6.07) is 19.2. The van der Waals surface area contributed by atoms with Crippen molar-refractivity contribution >= 4 is 6.29 Å². The van der Waals surface area contributed by atoms with Crippen molar-refractivity contribution in [1.29, 1.82) is 0 Å². The zero-order valence-electron chi connectivity index (χ0n) is 11.2. The third-order valence-corrected chi connectivity index (χ3v) is 3.32. The van der Waals surface area contributed by atoms with Crippen LogP contribution in [0, 0.1) is 0 Å². The molecule has 0 saturated heterocycles. The Bertz CT molecular complexity index is 502. The molecular formula is C18H20O. The maximum absolute atomic E-state index is 10.4. The molecule has 0 bridgehead atoms. The molecule has 0 atom stereocenters. The molecule has 0 amide bonds. The van der Waals surface area contributed by atoms with E-state index in [9.17, 15) is 4.79 Å².